The lowest BCUT2D eigenvalue weighted by atomic mass is 10.2. The smallest absolute Gasteiger partial charge is 0.243 e. The maximum absolute atomic E-state index is 12.9. The maximum atomic E-state index is 12.9. The third-order valence-corrected chi connectivity index (χ3v) is 7.35. The molecule has 0 bridgehead atoms. The van der Waals surface area contributed by atoms with Crippen LogP contribution in [0.4, 0.5) is 5.69 Å². The van der Waals surface area contributed by atoms with Gasteiger partial charge in [-0.05, 0) is 37.5 Å². The number of nitrogens with zero attached hydrogens (tertiary/aromatic N) is 1. The van der Waals surface area contributed by atoms with E-state index in [2.05, 4.69) is 26.1 Å². The zero-order chi connectivity index (χ0) is 18.7. The molecule has 1 aromatic carbocycles. The van der Waals surface area contributed by atoms with Crippen molar-refractivity contribution < 1.29 is 13.2 Å². The molecule has 0 saturated carbocycles. The Labute approximate surface area is 155 Å². The van der Waals surface area contributed by atoms with Crippen LogP contribution < -0.4 is 5.32 Å². The van der Waals surface area contributed by atoms with E-state index in [9.17, 15) is 13.2 Å². The highest BCUT2D eigenvalue weighted by atomic mass is 32.2. The van der Waals surface area contributed by atoms with Crippen molar-refractivity contribution in [3.05, 3.63) is 23.8 Å². The van der Waals surface area contributed by atoms with Crippen molar-refractivity contribution in [3.8, 4) is 0 Å². The van der Waals surface area contributed by atoms with Gasteiger partial charge in [0.15, 0.2) is 0 Å². The molecule has 0 aromatic heterocycles. The second-order valence-corrected chi connectivity index (χ2v) is 11.1. The van der Waals surface area contributed by atoms with Crippen molar-refractivity contribution in [3.63, 3.8) is 0 Å². The number of piperidine rings is 1. The van der Waals surface area contributed by atoms with Gasteiger partial charge in [-0.25, -0.2) is 8.42 Å². The van der Waals surface area contributed by atoms with Crippen molar-refractivity contribution in [2.24, 2.45) is 0 Å². The summed E-state index contributed by atoms with van der Waals surface area (Å²) in [6, 6.07) is 5.09. The standard InChI is InChI=1S/C18H28N2O3S2/c1-14-8-9-15(19-17(21)13-24-18(2,3)4)12-16(14)25(22,23)20-10-6-5-7-11-20/h8-9,12H,5-7,10-11,13H2,1-4H3,(H,19,21). The number of aryl methyl sites for hydroxylation is 1. The molecule has 0 unspecified atom stereocenters. The van der Waals surface area contributed by atoms with Crippen LogP contribution in [0, 0.1) is 6.92 Å². The van der Waals surface area contributed by atoms with Crippen LogP contribution >= 0.6 is 11.8 Å². The van der Waals surface area contributed by atoms with E-state index in [1.165, 1.54) is 0 Å². The van der Waals surface area contributed by atoms with Gasteiger partial charge in [0.1, 0.15) is 0 Å². The summed E-state index contributed by atoms with van der Waals surface area (Å²) in [5.74, 6) is 0.219. The monoisotopic (exact) mass is 384 g/mol. The van der Waals surface area contributed by atoms with E-state index in [-0.39, 0.29) is 15.5 Å². The summed E-state index contributed by atoms with van der Waals surface area (Å²) in [5.41, 5.74) is 1.23. The molecule has 1 aliphatic heterocycles. The van der Waals surface area contributed by atoms with Gasteiger partial charge in [-0.1, -0.05) is 33.3 Å². The lowest BCUT2D eigenvalue weighted by Crippen LogP contribution is -2.36. The predicted molar refractivity (Wildman–Crippen MR) is 105 cm³/mol. The van der Waals surface area contributed by atoms with Gasteiger partial charge in [0.25, 0.3) is 0 Å². The second kappa shape index (κ2) is 8.10. The Morgan fingerprint density at radius 2 is 1.84 bits per heavy atom. The number of benzene rings is 1. The average Bonchev–Trinajstić information content (AvgIpc) is 2.55. The Morgan fingerprint density at radius 1 is 1.20 bits per heavy atom. The quantitative estimate of drug-likeness (QED) is 0.842. The van der Waals surface area contributed by atoms with E-state index in [0.29, 0.717) is 30.1 Å². The van der Waals surface area contributed by atoms with Gasteiger partial charge < -0.3 is 5.32 Å². The summed E-state index contributed by atoms with van der Waals surface area (Å²) >= 11 is 1.56. The summed E-state index contributed by atoms with van der Waals surface area (Å²) in [4.78, 5) is 12.4. The van der Waals surface area contributed by atoms with Gasteiger partial charge in [0, 0.05) is 23.5 Å². The van der Waals surface area contributed by atoms with Crippen LogP contribution in [0.5, 0.6) is 0 Å². The minimum Gasteiger partial charge on any atom is -0.325 e. The fourth-order valence-corrected chi connectivity index (χ4v) is 5.08. The Hall–Kier alpha value is -1.05. The van der Waals surface area contributed by atoms with Crippen molar-refractivity contribution in [1.29, 1.82) is 0 Å². The molecular weight excluding hydrogens is 356 g/mol. The molecule has 25 heavy (non-hydrogen) atoms. The molecule has 0 radical (unpaired) electrons. The first-order valence-electron chi connectivity index (χ1n) is 8.64. The number of anilines is 1. The Kier molecular flexibility index (Phi) is 6.56. The normalized spacial score (nSPS) is 16.6. The largest absolute Gasteiger partial charge is 0.325 e. The number of nitrogens with one attached hydrogen (secondary N) is 1. The van der Waals surface area contributed by atoms with Gasteiger partial charge in [-0.3, -0.25) is 4.79 Å². The van der Waals surface area contributed by atoms with Crippen LogP contribution in [0.3, 0.4) is 0 Å². The first-order valence-corrected chi connectivity index (χ1v) is 11.1. The molecule has 7 heteroatoms. The van der Waals surface area contributed by atoms with E-state index in [0.717, 1.165) is 19.3 Å². The zero-order valence-corrected chi connectivity index (χ0v) is 17.1. The molecule has 1 saturated heterocycles. The first-order chi connectivity index (χ1) is 11.6. The molecule has 0 spiro atoms. The summed E-state index contributed by atoms with van der Waals surface area (Å²) in [6.07, 6.45) is 2.88. The number of hydrogen-bond acceptors (Lipinski definition) is 4. The average molecular weight is 385 g/mol. The van der Waals surface area contributed by atoms with Gasteiger partial charge in [-0.2, -0.15) is 4.31 Å². The maximum Gasteiger partial charge on any atom is 0.243 e. The first kappa shape index (κ1) is 20.3. The highest BCUT2D eigenvalue weighted by Gasteiger charge is 2.27. The third-order valence-electron chi connectivity index (χ3n) is 4.04. The zero-order valence-electron chi connectivity index (χ0n) is 15.5. The van der Waals surface area contributed by atoms with Gasteiger partial charge in [0.2, 0.25) is 15.9 Å². The molecule has 1 aliphatic rings. The van der Waals surface area contributed by atoms with Crippen molar-refractivity contribution in [1.82, 2.24) is 4.31 Å². The number of hydrogen-bond donors (Lipinski definition) is 1. The van der Waals surface area contributed by atoms with Gasteiger partial charge in [0.05, 0.1) is 10.6 Å². The Morgan fingerprint density at radius 3 is 2.44 bits per heavy atom. The molecule has 140 valence electrons. The number of thioether (sulfide) groups is 1. The van der Waals surface area contributed by atoms with Crippen molar-refractivity contribution in [2.75, 3.05) is 24.2 Å². The van der Waals surface area contributed by atoms with E-state index in [1.807, 2.05) is 0 Å². The number of rotatable bonds is 5. The van der Waals surface area contributed by atoms with Gasteiger partial charge >= 0.3 is 0 Å². The molecule has 1 heterocycles. The number of carbonyl (C=O) groups is 1. The molecule has 0 aliphatic carbocycles. The SMILES string of the molecule is Cc1ccc(NC(=O)CSC(C)(C)C)cc1S(=O)(=O)N1CCCCC1. The van der Waals surface area contributed by atoms with Crippen molar-refractivity contribution in [2.45, 2.75) is 56.6 Å². The van der Waals surface area contributed by atoms with E-state index < -0.39 is 10.0 Å². The van der Waals surface area contributed by atoms with Crippen molar-refractivity contribution >= 4 is 33.4 Å². The van der Waals surface area contributed by atoms with E-state index in [4.69, 9.17) is 0 Å². The predicted octanol–water partition coefficient (Wildman–Crippen LogP) is 3.64. The van der Waals surface area contributed by atoms with E-state index >= 15 is 0 Å². The fourth-order valence-electron chi connectivity index (χ4n) is 2.68. The number of carbonyl (C=O) groups excluding carboxylic acids is 1. The lowest BCUT2D eigenvalue weighted by molar-refractivity contribution is -0.113. The van der Waals surface area contributed by atoms with Crippen LogP contribution in [-0.2, 0) is 14.8 Å². The molecule has 1 fully saturated rings. The van der Waals surface area contributed by atoms with Crippen LogP contribution in [0.1, 0.15) is 45.6 Å². The molecular formula is C18H28N2O3S2. The van der Waals surface area contributed by atoms with E-state index in [1.54, 1.807) is 41.2 Å². The lowest BCUT2D eigenvalue weighted by Gasteiger charge is -2.26. The highest BCUT2D eigenvalue weighted by Crippen LogP contribution is 2.27. The van der Waals surface area contributed by atoms with Gasteiger partial charge in [-0.15, -0.1) is 11.8 Å². The Balaban J connectivity index is 2.15. The Bertz CT molecular complexity index is 718. The van der Waals surface area contributed by atoms with Crippen LogP contribution in [0.2, 0.25) is 0 Å². The van der Waals surface area contributed by atoms with Crippen LogP contribution in [0.15, 0.2) is 23.1 Å². The minimum atomic E-state index is -3.51. The van der Waals surface area contributed by atoms with Crippen LogP contribution in [-0.4, -0.2) is 42.2 Å². The minimum absolute atomic E-state index is 0.00732. The summed E-state index contributed by atoms with van der Waals surface area (Å²) in [5, 5.41) is 2.81. The third kappa shape index (κ3) is 5.72. The topological polar surface area (TPSA) is 66.5 Å². The number of sulfonamides is 1. The molecule has 2 rings (SSSR count). The number of amides is 1. The molecule has 1 N–H and O–H groups in total. The summed E-state index contributed by atoms with van der Waals surface area (Å²) in [6.45, 7) is 9.10. The molecule has 0 atom stereocenters. The summed E-state index contributed by atoms with van der Waals surface area (Å²) in [7, 11) is -3.51. The highest BCUT2D eigenvalue weighted by molar-refractivity contribution is 8.01. The summed E-state index contributed by atoms with van der Waals surface area (Å²) < 4.78 is 27.4. The molecule has 5 nitrogen and oxygen atoms in total. The molecule has 1 aromatic rings. The molecule has 1 amide bonds. The fraction of sp³-hybridized carbons (Fsp3) is 0.611. The second-order valence-electron chi connectivity index (χ2n) is 7.39. The van der Waals surface area contributed by atoms with Crippen LogP contribution in [0.25, 0.3) is 0 Å².